The van der Waals surface area contributed by atoms with E-state index in [0.717, 1.165) is 31.4 Å². The highest BCUT2D eigenvalue weighted by Crippen LogP contribution is 2.32. The Labute approximate surface area is 122 Å². The van der Waals surface area contributed by atoms with E-state index >= 15 is 0 Å². The molecule has 0 unspecified atom stereocenters. The summed E-state index contributed by atoms with van der Waals surface area (Å²) in [7, 11) is 0. The van der Waals surface area contributed by atoms with Crippen molar-refractivity contribution >= 4 is 28.2 Å². The fourth-order valence-corrected chi connectivity index (χ4v) is 3.46. The molecule has 0 fully saturated rings. The third-order valence-corrected chi connectivity index (χ3v) is 4.54. The fourth-order valence-electron chi connectivity index (χ4n) is 2.33. The molecule has 1 aliphatic carbocycles. The van der Waals surface area contributed by atoms with Crippen LogP contribution >= 0.6 is 11.3 Å². The van der Waals surface area contributed by atoms with Gasteiger partial charge in [0, 0.05) is 11.3 Å². The normalized spacial score (nSPS) is 18.4. The van der Waals surface area contributed by atoms with Crippen molar-refractivity contribution in [3.63, 3.8) is 0 Å². The van der Waals surface area contributed by atoms with Crippen LogP contribution < -0.4 is 10.3 Å². The molecule has 1 N–H and O–H groups in total. The highest BCUT2D eigenvalue weighted by Gasteiger charge is 2.40. The maximum Gasteiger partial charge on any atom is 0.471 e. The molecule has 1 amide bonds. The Morgan fingerprint density at radius 1 is 1.24 bits per heavy atom. The molecule has 0 bridgehead atoms. The topological polar surface area (TPSA) is 57.6 Å². The van der Waals surface area contributed by atoms with E-state index in [0.29, 0.717) is 11.7 Å². The molecule has 0 atom stereocenters. The molecule has 3 rings (SSSR count). The van der Waals surface area contributed by atoms with Crippen LogP contribution in [0.4, 0.5) is 18.3 Å². The van der Waals surface area contributed by atoms with Gasteiger partial charge in [0.05, 0.1) is 12.2 Å². The van der Waals surface area contributed by atoms with Crippen LogP contribution in [-0.2, 0) is 17.6 Å². The Morgan fingerprint density at radius 2 is 2.00 bits per heavy atom. The van der Waals surface area contributed by atoms with E-state index in [-0.39, 0.29) is 12.3 Å². The Morgan fingerprint density at radius 3 is 2.71 bits per heavy atom. The minimum Gasteiger partial charge on any atom is -0.305 e. The Kier molecular flexibility index (Phi) is 3.60. The van der Waals surface area contributed by atoms with Gasteiger partial charge in [-0.1, -0.05) is 11.3 Å². The zero-order valence-electron chi connectivity index (χ0n) is 11.0. The SMILES string of the molecule is O=C(NC1=NN(c2nc3c(s2)CCCC3)CC1)C(F)(F)F. The highest BCUT2D eigenvalue weighted by molar-refractivity contribution is 7.15. The number of anilines is 1. The van der Waals surface area contributed by atoms with E-state index in [1.54, 1.807) is 10.3 Å². The lowest BCUT2D eigenvalue weighted by Crippen LogP contribution is -2.40. The number of halogens is 3. The Hall–Kier alpha value is -1.64. The van der Waals surface area contributed by atoms with Crippen molar-refractivity contribution in [2.75, 3.05) is 11.6 Å². The van der Waals surface area contributed by atoms with Crippen LogP contribution in [-0.4, -0.2) is 29.4 Å². The van der Waals surface area contributed by atoms with E-state index in [1.807, 2.05) is 0 Å². The number of nitrogens with one attached hydrogen (secondary N) is 1. The molecule has 21 heavy (non-hydrogen) atoms. The van der Waals surface area contributed by atoms with Crippen molar-refractivity contribution < 1.29 is 18.0 Å². The van der Waals surface area contributed by atoms with E-state index in [2.05, 4.69) is 10.1 Å². The predicted molar refractivity (Wildman–Crippen MR) is 72.4 cm³/mol. The van der Waals surface area contributed by atoms with Gasteiger partial charge in [-0.05, 0) is 25.7 Å². The average molecular weight is 318 g/mol. The lowest BCUT2D eigenvalue weighted by Gasteiger charge is -2.08. The van der Waals surface area contributed by atoms with Gasteiger partial charge in [-0.25, -0.2) is 9.99 Å². The monoisotopic (exact) mass is 318 g/mol. The maximum absolute atomic E-state index is 12.2. The number of hydrogen-bond donors (Lipinski definition) is 1. The summed E-state index contributed by atoms with van der Waals surface area (Å²) in [6.07, 6.45) is -0.414. The summed E-state index contributed by atoms with van der Waals surface area (Å²) < 4.78 is 36.6. The third-order valence-electron chi connectivity index (χ3n) is 3.37. The summed E-state index contributed by atoms with van der Waals surface area (Å²) in [5.74, 6) is -1.95. The molecule has 5 nitrogen and oxygen atoms in total. The molecule has 2 aliphatic rings. The molecule has 2 heterocycles. The van der Waals surface area contributed by atoms with E-state index in [9.17, 15) is 18.0 Å². The molecule has 1 aliphatic heterocycles. The first-order chi connectivity index (χ1) is 9.93. The number of carbonyl (C=O) groups is 1. The van der Waals surface area contributed by atoms with Gasteiger partial charge in [-0.3, -0.25) is 4.79 Å². The third kappa shape index (κ3) is 3.02. The van der Waals surface area contributed by atoms with Gasteiger partial charge in [-0.2, -0.15) is 18.3 Å². The van der Waals surface area contributed by atoms with E-state index < -0.39 is 12.1 Å². The van der Waals surface area contributed by atoms with Crippen LogP contribution in [0.15, 0.2) is 5.10 Å². The minimum absolute atomic E-state index is 0.0329. The van der Waals surface area contributed by atoms with Gasteiger partial charge >= 0.3 is 12.1 Å². The van der Waals surface area contributed by atoms with Crippen LogP contribution in [0.1, 0.15) is 29.8 Å². The molecular weight excluding hydrogens is 305 g/mol. The second kappa shape index (κ2) is 5.28. The van der Waals surface area contributed by atoms with Gasteiger partial charge < -0.3 is 5.32 Å². The first kappa shape index (κ1) is 14.3. The molecule has 114 valence electrons. The van der Waals surface area contributed by atoms with Gasteiger partial charge in [0.15, 0.2) is 0 Å². The Bertz CT molecular complexity index is 572. The zero-order valence-corrected chi connectivity index (χ0v) is 11.9. The molecule has 0 saturated heterocycles. The quantitative estimate of drug-likeness (QED) is 0.864. The number of rotatable bonds is 1. The molecular formula is C12H13F3N4OS. The van der Waals surface area contributed by atoms with Crippen molar-refractivity contribution in [2.24, 2.45) is 5.10 Å². The number of alkyl halides is 3. The van der Waals surface area contributed by atoms with E-state index in [4.69, 9.17) is 0 Å². The standard InChI is InChI=1S/C12H13F3N4OS/c13-12(14,15)10(20)17-9-5-6-19(18-9)11-16-7-3-1-2-4-8(7)21-11/h1-6H2,(H,17,18,20). The van der Waals surface area contributed by atoms with Crippen LogP contribution in [0.2, 0.25) is 0 Å². The molecule has 0 saturated carbocycles. The number of carbonyl (C=O) groups excluding carboxylic acids is 1. The number of thiazole rings is 1. The lowest BCUT2D eigenvalue weighted by molar-refractivity contribution is -0.171. The minimum atomic E-state index is -4.89. The molecule has 1 aromatic heterocycles. The van der Waals surface area contributed by atoms with Crippen LogP contribution in [0.5, 0.6) is 0 Å². The number of aryl methyl sites for hydroxylation is 2. The van der Waals surface area contributed by atoms with Crippen molar-refractivity contribution in [3.8, 4) is 0 Å². The molecule has 0 radical (unpaired) electrons. The maximum atomic E-state index is 12.2. The summed E-state index contributed by atoms with van der Waals surface area (Å²) >= 11 is 1.53. The molecule has 0 spiro atoms. The second-order valence-corrected chi connectivity index (χ2v) is 6.01. The fraction of sp³-hybridized carbons (Fsp3) is 0.583. The number of aromatic nitrogens is 1. The van der Waals surface area contributed by atoms with Crippen LogP contribution in [0.25, 0.3) is 0 Å². The Balaban J connectivity index is 1.71. The van der Waals surface area contributed by atoms with Crippen molar-refractivity contribution in [1.29, 1.82) is 0 Å². The number of amidine groups is 1. The van der Waals surface area contributed by atoms with Crippen LogP contribution in [0.3, 0.4) is 0 Å². The number of fused-ring (bicyclic) bond motifs is 1. The predicted octanol–water partition coefficient (Wildman–Crippen LogP) is 2.22. The van der Waals surface area contributed by atoms with Gasteiger partial charge in [-0.15, -0.1) is 0 Å². The second-order valence-electron chi connectivity index (χ2n) is 4.95. The molecule has 0 aromatic carbocycles. The number of hydrazone groups is 1. The highest BCUT2D eigenvalue weighted by atomic mass is 32.1. The van der Waals surface area contributed by atoms with E-state index in [1.165, 1.54) is 16.2 Å². The molecule has 1 aromatic rings. The summed E-state index contributed by atoms with van der Waals surface area (Å²) in [5, 5.41) is 8.08. The summed E-state index contributed by atoms with van der Waals surface area (Å²) in [6, 6.07) is 0. The number of nitrogens with zero attached hydrogens (tertiary/aromatic N) is 3. The largest absolute Gasteiger partial charge is 0.471 e. The van der Waals surface area contributed by atoms with Crippen molar-refractivity contribution in [2.45, 2.75) is 38.3 Å². The van der Waals surface area contributed by atoms with Crippen molar-refractivity contribution in [1.82, 2.24) is 10.3 Å². The van der Waals surface area contributed by atoms with Gasteiger partial charge in [0.25, 0.3) is 0 Å². The summed E-state index contributed by atoms with van der Waals surface area (Å²) in [6.45, 7) is 0.430. The summed E-state index contributed by atoms with van der Waals surface area (Å²) in [4.78, 5) is 16.6. The summed E-state index contributed by atoms with van der Waals surface area (Å²) in [5.41, 5.74) is 1.07. The number of hydrogen-bond acceptors (Lipinski definition) is 5. The van der Waals surface area contributed by atoms with Gasteiger partial charge in [0.1, 0.15) is 5.84 Å². The van der Waals surface area contributed by atoms with Gasteiger partial charge in [0.2, 0.25) is 5.13 Å². The smallest absolute Gasteiger partial charge is 0.305 e. The molecule has 9 heteroatoms. The van der Waals surface area contributed by atoms with Crippen LogP contribution in [0, 0.1) is 0 Å². The average Bonchev–Trinajstić information content (AvgIpc) is 3.02. The lowest BCUT2D eigenvalue weighted by atomic mass is 10.0. The first-order valence-electron chi connectivity index (χ1n) is 6.65. The van der Waals surface area contributed by atoms with Crippen molar-refractivity contribution in [3.05, 3.63) is 10.6 Å². The zero-order chi connectivity index (χ0) is 15.0. The number of amides is 1. The first-order valence-corrected chi connectivity index (χ1v) is 7.47.